The van der Waals surface area contributed by atoms with Crippen molar-refractivity contribution in [1.29, 1.82) is 0 Å². The fourth-order valence-corrected chi connectivity index (χ4v) is 2.53. The summed E-state index contributed by atoms with van der Waals surface area (Å²) in [4.78, 5) is 26.1. The van der Waals surface area contributed by atoms with E-state index in [0.717, 1.165) is 17.7 Å². The second kappa shape index (κ2) is 5.87. The van der Waals surface area contributed by atoms with E-state index in [1.54, 1.807) is 4.90 Å². The number of fused-ring (bicyclic) bond motifs is 1. The van der Waals surface area contributed by atoms with E-state index in [0.29, 0.717) is 19.4 Å². The van der Waals surface area contributed by atoms with Crippen molar-refractivity contribution in [2.24, 2.45) is 0 Å². The van der Waals surface area contributed by atoms with Gasteiger partial charge < -0.3 is 5.32 Å². The van der Waals surface area contributed by atoms with Crippen LogP contribution in [0.1, 0.15) is 32.3 Å². The lowest BCUT2D eigenvalue weighted by Crippen LogP contribution is -2.48. The molecular weight excluding hydrogens is 240 g/mol. The third kappa shape index (κ3) is 2.62. The predicted molar refractivity (Wildman–Crippen MR) is 75.0 cm³/mol. The first kappa shape index (κ1) is 13.6. The molecule has 0 aliphatic carbocycles. The zero-order valence-corrected chi connectivity index (χ0v) is 11.5. The van der Waals surface area contributed by atoms with Gasteiger partial charge in [-0.25, -0.2) is 0 Å². The monoisotopic (exact) mass is 260 g/mol. The van der Waals surface area contributed by atoms with Gasteiger partial charge in [-0.05, 0) is 25.0 Å². The molecule has 1 heterocycles. The van der Waals surface area contributed by atoms with Crippen molar-refractivity contribution < 1.29 is 9.59 Å². The van der Waals surface area contributed by atoms with Crippen LogP contribution in [-0.2, 0) is 16.0 Å². The van der Waals surface area contributed by atoms with E-state index in [-0.39, 0.29) is 11.8 Å². The van der Waals surface area contributed by atoms with Gasteiger partial charge in [-0.3, -0.25) is 14.5 Å². The summed E-state index contributed by atoms with van der Waals surface area (Å²) in [6.07, 6.45) is 1.88. The Kier molecular flexibility index (Phi) is 4.20. The number of anilines is 1. The maximum absolute atomic E-state index is 12.3. The molecule has 4 heteroatoms. The van der Waals surface area contributed by atoms with Crippen molar-refractivity contribution in [3.63, 3.8) is 0 Å². The van der Waals surface area contributed by atoms with Crippen molar-refractivity contribution >= 4 is 17.5 Å². The number of rotatable bonds is 4. The van der Waals surface area contributed by atoms with Gasteiger partial charge in [0.05, 0.1) is 0 Å². The summed E-state index contributed by atoms with van der Waals surface area (Å²) in [5, 5.41) is 2.82. The Morgan fingerprint density at radius 2 is 2.05 bits per heavy atom. The van der Waals surface area contributed by atoms with Crippen LogP contribution < -0.4 is 10.2 Å². The van der Waals surface area contributed by atoms with Gasteiger partial charge in [-0.1, -0.05) is 25.1 Å². The summed E-state index contributed by atoms with van der Waals surface area (Å²) in [5.41, 5.74) is 1.96. The van der Waals surface area contributed by atoms with Crippen LogP contribution in [0.2, 0.25) is 0 Å². The summed E-state index contributed by atoms with van der Waals surface area (Å²) in [5.74, 6) is -0.0353. The molecule has 1 N–H and O–H groups in total. The molecule has 1 aliphatic heterocycles. The van der Waals surface area contributed by atoms with Crippen molar-refractivity contribution in [2.45, 2.75) is 39.2 Å². The normalized spacial score (nSPS) is 17.2. The number of para-hydroxylation sites is 1. The van der Waals surface area contributed by atoms with E-state index < -0.39 is 6.04 Å². The third-order valence-electron chi connectivity index (χ3n) is 3.36. The smallest absolute Gasteiger partial charge is 0.243 e. The van der Waals surface area contributed by atoms with Crippen LogP contribution in [-0.4, -0.2) is 24.4 Å². The summed E-state index contributed by atoms with van der Waals surface area (Å²) in [6, 6.07) is 7.37. The Morgan fingerprint density at radius 3 is 2.74 bits per heavy atom. The molecule has 0 bridgehead atoms. The molecule has 0 saturated heterocycles. The fraction of sp³-hybridized carbons (Fsp3) is 0.467. The lowest BCUT2D eigenvalue weighted by atomic mass is 10.1. The number of hydrogen-bond donors (Lipinski definition) is 1. The first-order valence-electron chi connectivity index (χ1n) is 6.86. The third-order valence-corrected chi connectivity index (χ3v) is 3.36. The lowest BCUT2D eigenvalue weighted by Gasteiger charge is -2.24. The van der Waals surface area contributed by atoms with Gasteiger partial charge in [-0.2, -0.15) is 0 Å². The van der Waals surface area contributed by atoms with Crippen molar-refractivity contribution in [3.8, 4) is 0 Å². The van der Waals surface area contributed by atoms with Crippen molar-refractivity contribution in [3.05, 3.63) is 29.8 Å². The van der Waals surface area contributed by atoms with Crippen LogP contribution in [0.3, 0.4) is 0 Å². The molecule has 0 aromatic heterocycles. The highest BCUT2D eigenvalue weighted by Crippen LogP contribution is 2.32. The van der Waals surface area contributed by atoms with Gasteiger partial charge in [0, 0.05) is 25.1 Å². The van der Waals surface area contributed by atoms with Gasteiger partial charge in [-0.15, -0.1) is 0 Å². The zero-order valence-electron chi connectivity index (χ0n) is 11.5. The first-order chi connectivity index (χ1) is 9.19. The fourth-order valence-electron chi connectivity index (χ4n) is 2.53. The van der Waals surface area contributed by atoms with Crippen molar-refractivity contribution in [2.75, 3.05) is 11.4 Å². The summed E-state index contributed by atoms with van der Waals surface area (Å²) in [7, 11) is 0. The molecule has 1 aromatic rings. The van der Waals surface area contributed by atoms with E-state index in [2.05, 4.69) is 5.32 Å². The second-order valence-electron chi connectivity index (χ2n) is 4.76. The topological polar surface area (TPSA) is 49.4 Å². The zero-order chi connectivity index (χ0) is 13.8. The molecule has 0 fully saturated rings. The molecule has 19 heavy (non-hydrogen) atoms. The number of amides is 2. The minimum Gasteiger partial charge on any atom is -0.355 e. The summed E-state index contributed by atoms with van der Waals surface area (Å²) in [6.45, 7) is 4.45. The van der Waals surface area contributed by atoms with Crippen LogP contribution in [0, 0.1) is 0 Å². The van der Waals surface area contributed by atoms with Crippen LogP contribution >= 0.6 is 0 Å². The highest BCUT2D eigenvalue weighted by atomic mass is 16.2. The summed E-state index contributed by atoms with van der Waals surface area (Å²) >= 11 is 0. The van der Waals surface area contributed by atoms with Gasteiger partial charge >= 0.3 is 0 Å². The maximum atomic E-state index is 12.3. The van der Waals surface area contributed by atoms with Crippen LogP contribution in [0.15, 0.2) is 24.3 Å². The number of hydrogen-bond acceptors (Lipinski definition) is 2. The largest absolute Gasteiger partial charge is 0.355 e. The van der Waals surface area contributed by atoms with Gasteiger partial charge in [0.25, 0.3) is 0 Å². The number of benzene rings is 1. The molecule has 1 atom stereocenters. The number of nitrogens with one attached hydrogen (secondary N) is 1. The maximum Gasteiger partial charge on any atom is 0.243 e. The highest BCUT2D eigenvalue weighted by Gasteiger charge is 2.37. The minimum atomic E-state index is -0.392. The SMILES string of the molecule is CCCC(=O)N1c2ccccc2CC1C(=O)NCC. The lowest BCUT2D eigenvalue weighted by molar-refractivity contribution is -0.126. The van der Waals surface area contributed by atoms with E-state index in [1.807, 2.05) is 38.1 Å². The van der Waals surface area contributed by atoms with Gasteiger partial charge in [0.1, 0.15) is 6.04 Å². The first-order valence-corrected chi connectivity index (χ1v) is 6.86. The second-order valence-corrected chi connectivity index (χ2v) is 4.76. The van der Waals surface area contributed by atoms with Gasteiger partial charge in [0.2, 0.25) is 11.8 Å². The Labute approximate surface area is 113 Å². The molecule has 0 radical (unpaired) electrons. The average molecular weight is 260 g/mol. The molecule has 4 nitrogen and oxygen atoms in total. The highest BCUT2D eigenvalue weighted by molar-refractivity contribution is 6.03. The van der Waals surface area contributed by atoms with Crippen LogP contribution in [0.5, 0.6) is 0 Å². The molecule has 1 unspecified atom stereocenters. The summed E-state index contributed by atoms with van der Waals surface area (Å²) < 4.78 is 0. The number of likely N-dealkylation sites (N-methyl/N-ethyl adjacent to an activating group) is 1. The van der Waals surface area contributed by atoms with E-state index in [9.17, 15) is 9.59 Å². The number of nitrogens with zero attached hydrogens (tertiary/aromatic N) is 1. The van der Waals surface area contributed by atoms with Crippen LogP contribution in [0.25, 0.3) is 0 Å². The molecule has 2 amide bonds. The quantitative estimate of drug-likeness (QED) is 0.898. The molecule has 102 valence electrons. The van der Waals surface area contributed by atoms with Gasteiger partial charge in [0.15, 0.2) is 0 Å². The van der Waals surface area contributed by atoms with E-state index in [4.69, 9.17) is 0 Å². The minimum absolute atomic E-state index is 0.0312. The Hall–Kier alpha value is -1.84. The molecule has 0 spiro atoms. The Bertz CT molecular complexity index is 485. The van der Waals surface area contributed by atoms with E-state index >= 15 is 0 Å². The Morgan fingerprint density at radius 1 is 1.32 bits per heavy atom. The van der Waals surface area contributed by atoms with Crippen molar-refractivity contribution in [1.82, 2.24) is 5.32 Å². The van der Waals surface area contributed by atoms with Crippen LogP contribution in [0.4, 0.5) is 5.69 Å². The average Bonchev–Trinajstić information content (AvgIpc) is 2.78. The number of carbonyl (C=O) groups excluding carboxylic acids is 2. The molecular formula is C15H20N2O2. The molecule has 1 aromatic carbocycles. The number of carbonyl (C=O) groups is 2. The predicted octanol–water partition coefficient (Wildman–Crippen LogP) is 1.88. The van der Waals surface area contributed by atoms with E-state index in [1.165, 1.54) is 0 Å². The molecule has 2 rings (SSSR count). The Balaban J connectivity index is 2.30. The molecule has 0 saturated carbocycles. The molecule has 1 aliphatic rings. The standard InChI is InChI=1S/C15H20N2O2/c1-3-7-14(18)17-12-9-6-5-8-11(12)10-13(17)15(19)16-4-2/h5-6,8-9,13H,3-4,7,10H2,1-2H3,(H,16,19).